The molecule has 174 valence electrons. The standard InChI is InChI=1S/C24H28BF2N3O3/c1-23(2)24(3,4)33-25(32-23)17-8-7-9-19-20(17)21(27)30(28-19)14-18(26)15-10-12-16(13-11-15)22(31)29(5)6/h7-13,18H,14H2,1-6H3. The van der Waals surface area contributed by atoms with E-state index in [1.54, 1.807) is 56.6 Å². The fourth-order valence-electron chi connectivity index (χ4n) is 3.81. The molecule has 1 fully saturated rings. The molecule has 1 atom stereocenters. The molecule has 6 nitrogen and oxygen atoms in total. The van der Waals surface area contributed by atoms with Crippen molar-refractivity contribution in [1.29, 1.82) is 0 Å². The van der Waals surface area contributed by atoms with Crippen LogP contribution in [0.1, 0.15) is 49.8 Å². The lowest BCUT2D eigenvalue weighted by Crippen LogP contribution is -2.41. The van der Waals surface area contributed by atoms with Crippen molar-refractivity contribution < 1.29 is 22.9 Å². The van der Waals surface area contributed by atoms with E-state index < -0.39 is 30.4 Å². The Morgan fingerprint density at radius 2 is 1.70 bits per heavy atom. The lowest BCUT2D eigenvalue weighted by atomic mass is 9.77. The van der Waals surface area contributed by atoms with E-state index in [2.05, 4.69) is 5.10 Å². The van der Waals surface area contributed by atoms with Crippen LogP contribution in [0.4, 0.5) is 8.78 Å². The summed E-state index contributed by atoms with van der Waals surface area (Å²) in [5.74, 6) is -0.811. The van der Waals surface area contributed by atoms with Crippen LogP contribution >= 0.6 is 0 Å². The van der Waals surface area contributed by atoms with Crippen molar-refractivity contribution in [3.05, 3.63) is 59.5 Å². The highest BCUT2D eigenvalue weighted by Crippen LogP contribution is 2.37. The smallest absolute Gasteiger partial charge is 0.399 e. The third-order valence-electron chi connectivity index (χ3n) is 6.50. The van der Waals surface area contributed by atoms with Crippen molar-refractivity contribution in [3.8, 4) is 0 Å². The van der Waals surface area contributed by atoms with Crippen LogP contribution in [0.25, 0.3) is 10.9 Å². The third-order valence-corrected chi connectivity index (χ3v) is 6.50. The van der Waals surface area contributed by atoms with Crippen LogP contribution in [0.2, 0.25) is 0 Å². The van der Waals surface area contributed by atoms with Gasteiger partial charge in [-0.25, -0.2) is 9.07 Å². The summed E-state index contributed by atoms with van der Waals surface area (Å²) in [6, 6.07) is 11.4. The summed E-state index contributed by atoms with van der Waals surface area (Å²) < 4.78 is 43.7. The minimum Gasteiger partial charge on any atom is -0.399 e. The van der Waals surface area contributed by atoms with Gasteiger partial charge in [-0.2, -0.15) is 9.49 Å². The first-order valence-electron chi connectivity index (χ1n) is 10.9. The molecule has 2 aromatic carbocycles. The zero-order valence-electron chi connectivity index (χ0n) is 19.7. The van der Waals surface area contributed by atoms with E-state index in [1.165, 1.54) is 4.90 Å². The summed E-state index contributed by atoms with van der Waals surface area (Å²) in [5, 5.41) is 4.54. The van der Waals surface area contributed by atoms with Crippen molar-refractivity contribution in [3.63, 3.8) is 0 Å². The molecule has 3 aromatic rings. The second kappa shape index (κ2) is 8.22. The van der Waals surface area contributed by atoms with Crippen molar-refractivity contribution in [2.75, 3.05) is 14.1 Å². The van der Waals surface area contributed by atoms with Gasteiger partial charge in [0.25, 0.3) is 5.91 Å². The fourth-order valence-corrected chi connectivity index (χ4v) is 3.81. The fraction of sp³-hybridized carbons (Fsp3) is 0.417. The van der Waals surface area contributed by atoms with Gasteiger partial charge in [0.15, 0.2) is 0 Å². The maximum Gasteiger partial charge on any atom is 0.495 e. The molecule has 0 aliphatic carbocycles. The summed E-state index contributed by atoms with van der Waals surface area (Å²) >= 11 is 0. The van der Waals surface area contributed by atoms with Gasteiger partial charge in [-0.05, 0) is 56.9 Å². The Kier molecular flexibility index (Phi) is 5.82. The van der Waals surface area contributed by atoms with Gasteiger partial charge in [-0.15, -0.1) is 0 Å². The molecule has 1 aromatic heterocycles. The Morgan fingerprint density at radius 1 is 1.09 bits per heavy atom. The van der Waals surface area contributed by atoms with Gasteiger partial charge in [0, 0.05) is 19.7 Å². The number of hydrogen-bond acceptors (Lipinski definition) is 4. The molecule has 0 radical (unpaired) electrons. The first-order chi connectivity index (χ1) is 15.4. The number of benzene rings is 2. The lowest BCUT2D eigenvalue weighted by molar-refractivity contribution is 0.00578. The molecule has 0 spiro atoms. The number of nitrogens with zero attached hydrogens (tertiary/aromatic N) is 3. The van der Waals surface area contributed by atoms with E-state index in [0.29, 0.717) is 22.1 Å². The number of rotatable bonds is 5. The Bertz CT molecular complexity index is 1180. The Hall–Kier alpha value is -2.78. The summed E-state index contributed by atoms with van der Waals surface area (Å²) in [6.45, 7) is 7.41. The number of alkyl halides is 1. The van der Waals surface area contributed by atoms with Crippen molar-refractivity contribution in [2.24, 2.45) is 0 Å². The molecule has 1 saturated heterocycles. The predicted molar refractivity (Wildman–Crippen MR) is 124 cm³/mol. The van der Waals surface area contributed by atoms with Crippen LogP contribution in [-0.4, -0.2) is 53.0 Å². The van der Waals surface area contributed by atoms with Gasteiger partial charge in [-0.1, -0.05) is 24.3 Å². The van der Waals surface area contributed by atoms with E-state index in [1.807, 2.05) is 27.7 Å². The second-order valence-corrected chi connectivity index (χ2v) is 9.59. The largest absolute Gasteiger partial charge is 0.495 e. The Labute approximate surface area is 192 Å². The summed E-state index contributed by atoms with van der Waals surface area (Å²) in [4.78, 5) is 13.5. The molecular weight excluding hydrogens is 427 g/mol. The molecule has 1 amide bonds. The lowest BCUT2D eigenvalue weighted by Gasteiger charge is -2.32. The Morgan fingerprint density at radius 3 is 2.27 bits per heavy atom. The number of aromatic nitrogens is 2. The first-order valence-corrected chi connectivity index (χ1v) is 10.9. The highest BCUT2D eigenvalue weighted by Gasteiger charge is 2.52. The van der Waals surface area contributed by atoms with Gasteiger partial charge in [0.05, 0.1) is 28.6 Å². The van der Waals surface area contributed by atoms with Gasteiger partial charge in [0.1, 0.15) is 6.17 Å². The molecule has 0 saturated carbocycles. The zero-order chi connectivity index (χ0) is 24.1. The maximum absolute atomic E-state index is 15.4. The average molecular weight is 455 g/mol. The minimum absolute atomic E-state index is 0.170. The van der Waals surface area contributed by atoms with E-state index in [0.717, 1.165) is 4.68 Å². The van der Waals surface area contributed by atoms with Gasteiger partial charge >= 0.3 is 7.12 Å². The van der Waals surface area contributed by atoms with Crippen LogP contribution in [0, 0.1) is 5.95 Å². The quantitative estimate of drug-likeness (QED) is 0.548. The van der Waals surface area contributed by atoms with Gasteiger partial charge in [0.2, 0.25) is 5.95 Å². The SMILES string of the molecule is CN(C)C(=O)c1ccc(C(F)Cn2nc3cccc(B4OC(C)(C)C(C)(C)O4)c3c2F)cc1. The van der Waals surface area contributed by atoms with Crippen LogP contribution in [0.3, 0.4) is 0 Å². The predicted octanol–water partition coefficient (Wildman–Crippen LogP) is 3.89. The summed E-state index contributed by atoms with van der Waals surface area (Å²) in [5.41, 5.74) is 0.581. The molecule has 1 unspecified atom stereocenters. The molecule has 4 rings (SSSR count). The highest BCUT2D eigenvalue weighted by atomic mass is 19.1. The molecule has 2 heterocycles. The van der Waals surface area contributed by atoms with Gasteiger partial charge in [-0.3, -0.25) is 4.79 Å². The number of amides is 1. The minimum atomic E-state index is -1.50. The van der Waals surface area contributed by atoms with E-state index in [4.69, 9.17) is 9.31 Å². The number of carbonyl (C=O) groups excluding carboxylic acids is 1. The molecule has 1 aliphatic rings. The van der Waals surface area contributed by atoms with Crippen molar-refractivity contribution in [2.45, 2.75) is 51.6 Å². The second-order valence-electron chi connectivity index (χ2n) is 9.59. The highest BCUT2D eigenvalue weighted by molar-refractivity contribution is 6.65. The monoisotopic (exact) mass is 455 g/mol. The van der Waals surface area contributed by atoms with E-state index in [9.17, 15) is 4.79 Å². The number of hydrogen-bond donors (Lipinski definition) is 0. The molecular formula is C24H28BF2N3O3. The van der Waals surface area contributed by atoms with E-state index in [-0.39, 0.29) is 17.8 Å². The summed E-state index contributed by atoms with van der Waals surface area (Å²) in [6.07, 6.45) is -1.50. The molecule has 0 N–H and O–H groups in total. The molecule has 33 heavy (non-hydrogen) atoms. The van der Waals surface area contributed by atoms with Crippen LogP contribution in [0.5, 0.6) is 0 Å². The summed E-state index contributed by atoms with van der Waals surface area (Å²) in [7, 11) is 2.54. The number of fused-ring (bicyclic) bond motifs is 1. The molecule has 1 aliphatic heterocycles. The van der Waals surface area contributed by atoms with Crippen LogP contribution < -0.4 is 5.46 Å². The Balaban J connectivity index is 1.61. The van der Waals surface area contributed by atoms with Crippen molar-refractivity contribution >= 4 is 29.4 Å². The van der Waals surface area contributed by atoms with Crippen LogP contribution in [0.15, 0.2) is 42.5 Å². The number of halogens is 2. The molecule has 0 bridgehead atoms. The van der Waals surface area contributed by atoms with Gasteiger partial charge < -0.3 is 14.2 Å². The number of carbonyl (C=O) groups is 1. The normalized spacial score (nSPS) is 18.0. The van der Waals surface area contributed by atoms with Crippen LogP contribution in [-0.2, 0) is 15.9 Å². The molecule has 9 heteroatoms. The maximum atomic E-state index is 15.4. The first kappa shape index (κ1) is 23.4. The third kappa shape index (κ3) is 4.15. The van der Waals surface area contributed by atoms with Crippen molar-refractivity contribution in [1.82, 2.24) is 14.7 Å². The average Bonchev–Trinajstić information content (AvgIpc) is 3.19. The zero-order valence-corrected chi connectivity index (χ0v) is 19.7. The van der Waals surface area contributed by atoms with E-state index >= 15 is 8.78 Å². The topological polar surface area (TPSA) is 56.6 Å².